The van der Waals surface area contributed by atoms with Crippen LogP contribution in [-0.2, 0) is 4.79 Å². The first-order valence-electron chi connectivity index (χ1n) is 11.5. The highest BCUT2D eigenvalue weighted by Gasteiger charge is 2.29. The average Bonchev–Trinajstić information content (AvgIpc) is 3.72. The quantitative estimate of drug-likeness (QED) is 0.460. The molecule has 8 nitrogen and oxygen atoms in total. The third kappa shape index (κ3) is 4.55. The van der Waals surface area contributed by atoms with E-state index in [-0.39, 0.29) is 5.91 Å². The summed E-state index contributed by atoms with van der Waals surface area (Å²) in [7, 11) is 3.17. The van der Waals surface area contributed by atoms with Crippen LogP contribution in [0, 0.1) is 5.92 Å². The molecule has 2 aromatic rings. The topological polar surface area (TPSA) is 93.8 Å². The lowest BCUT2D eigenvalue weighted by atomic mass is 10.2. The van der Waals surface area contributed by atoms with Crippen LogP contribution in [0.5, 0.6) is 11.5 Å². The molecule has 1 amide bonds. The van der Waals surface area contributed by atoms with E-state index in [1.165, 1.54) is 24.0 Å². The van der Waals surface area contributed by atoms with Gasteiger partial charge >= 0.3 is 0 Å². The Morgan fingerprint density at radius 2 is 1.71 bits per heavy atom. The summed E-state index contributed by atoms with van der Waals surface area (Å²) >= 11 is 5.61. The Bertz CT molecular complexity index is 1220. The fraction of sp³-hybridized carbons (Fsp3) is 0.400. The van der Waals surface area contributed by atoms with E-state index in [1.54, 1.807) is 20.3 Å². The summed E-state index contributed by atoms with van der Waals surface area (Å²) < 4.78 is 10.7. The van der Waals surface area contributed by atoms with E-state index in [1.807, 2.05) is 29.2 Å². The van der Waals surface area contributed by atoms with Crippen molar-refractivity contribution in [1.29, 1.82) is 0 Å². The zero-order valence-electron chi connectivity index (χ0n) is 19.4. The standard InChI is InChI=1S/C19H25N5O3.C6H3Cl/c1-26-15-10-13-14(11-16(15)27-2)21-19(22-18(13)20)24-7-5-23(6-8-24)17(25)9-12-3-4-12;7-6-4-2-1-3-5(4)6/h10-12H,3-9H2,1-2H3,(H2,20,21,22);1-3H. The van der Waals surface area contributed by atoms with Gasteiger partial charge in [0.05, 0.1) is 24.8 Å². The number of nitrogen functional groups attached to an aromatic ring is 1. The van der Waals surface area contributed by atoms with Crippen molar-refractivity contribution < 1.29 is 14.3 Å². The maximum absolute atomic E-state index is 12.3. The molecular formula is C25H28ClN5O3. The largest absolute Gasteiger partial charge is 0.493 e. The molecule has 1 aromatic heterocycles. The summed E-state index contributed by atoms with van der Waals surface area (Å²) in [5, 5.41) is 1.69. The van der Waals surface area contributed by atoms with Gasteiger partial charge in [0, 0.05) is 55.2 Å². The number of nitrogens with zero attached hydrogens (tertiary/aromatic N) is 4. The van der Waals surface area contributed by atoms with Crippen molar-refractivity contribution >= 4 is 40.2 Å². The maximum atomic E-state index is 12.3. The van der Waals surface area contributed by atoms with Gasteiger partial charge in [-0.2, -0.15) is 4.98 Å². The predicted octanol–water partition coefficient (Wildman–Crippen LogP) is 4.00. The molecule has 4 aliphatic rings. The summed E-state index contributed by atoms with van der Waals surface area (Å²) in [4.78, 5) is 25.5. The molecule has 2 N–H and O–H groups in total. The third-order valence-corrected chi connectivity index (χ3v) is 6.93. The summed E-state index contributed by atoms with van der Waals surface area (Å²) in [6.45, 7) is 2.79. The second-order valence-electron chi connectivity index (χ2n) is 8.82. The minimum Gasteiger partial charge on any atom is -0.493 e. The maximum Gasteiger partial charge on any atom is 0.228 e. The molecule has 178 valence electrons. The van der Waals surface area contributed by atoms with Gasteiger partial charge in [0.1, 0.15) is 5.82 Å². The first-order chi connectivity index (χ1) is 16.5. The van der Waals surface area contributed by atoms with Crippen molar-refractivity contribution in [2.75, 3.05) is 51.0 Å². The third-order valence-electron chi connectivity index (χ3n) is 6.52. The number of halogens is 1. The fourth-order valence-electron chi connectivity index (χ4n) is 4.22. The smallest absolute Gasteiger partial charge is 0.228 e. The Labute approximate surface area is 203 Å². The number of amides is 1. The molecular weight excluding hydrogens is 454 g/mol. The fourth-order valence-corrected chi connectivity index (χ4v) is 4.50. The van der Waals surface area contributed by atoms with Crippen LogP contribution in [0.15, 0.2) is 30.3 Å². The van der Waals surface area contributed by atoms with Gasteiger partial charge in [-0.3, -0.25) is 4.79 Å². The summed E-state index contributed by atoms with van der Waals surface area (Å²) in [6.07, 6.45) is 3.09. The van der Waals surface area contributed by atoms with Gasteiger partial charge in [0.15, 0.2) is 11.5 Å². The van der Waals surface area contributed by atoms with E-state index < -0.39 is 0 Å². The van der Waals surface area contributed by atoms with Crippen LogP contribution >= 0.6 is 11.6 Å². The Hall–Kier alpha value is -3.26. The monoisotopic (exact) mass is 481 g/mol. The number of benzene rings is 2. The number of carbonyl (C=O) groups excluding carboxylic acids is 1. The lowest BCUT2D eigenvalue weighted by Gasteiger charge is -2.35. The number of ether oxygens (including phenoxy) is 2. The first kappa shape index (κ1) is 22.5. The number of aromatic nitrogens is 2. The number of rotatable bonds is 5. The van der Waals surface area contributed by atoms with Crippen molar-refractivity contribution in [1.82, 2.24) is 14.9 Å². The van der Waals surface area contributed by atoms with Crippen LogP contribution in [0.25, 0.3) is 22.0 Å². The molecule has 6 rings (SSSR count). The zero-order chi connectivity index (χ0) is 23.8. The molecule has 1 saturated carbocycles. The molecule has 9 heteroatoms. The number of methoxy groups -OCH3 is 2. The number of piperazine rings is 1. The number of fused-ring (bicyclic) bond motifs is 2. The zero-order valence-corrected chi connectivity index (χ0v) is 20.1. The van der Waals surface area contributed by atoms with Crippen LogP contribution < -0.4 is 20.1 Å². The lowest BCUT2D eigenvalue weighted by molar-refractivity contribution is -0.131. The highest BCUT2D eigenvalue weighted by atomic mass is 35.5. The highest BCUT2D eigenvalue weighted by Crippen LogP contribution is 2.47. The number of carbonyl (C=O) groups is 1. The van der Waals surface area contributed by atoms with Gasteiger partial charge in [-0.05, 0) is 24.8 Å². The van der Waals surface area contributed by atoms with E-state index in [0.717, 1.165) is 10.4 Å². The molecule has 34 heavy (non-hydrogen) atoms. The van der Waals surface area contributed by atoms with E-state index in [0.29, 0.717) is 67.3 Å². The summed E-state index contributed by atoms with van der Waals surface area (Å²) in [5.74, 6) is 3.07. The molecule has 0 radical (unpaired) electrons. The van der Waals surface area contributed by atoms with E-state index >= 15 is 0 Å². The number of nitrogens with two attached hydrogens (primary N) is 1. The van der Waals surface area contributed by atoms with Gasteiger partial charge in [0.25, 0.3) is 0 Å². The van der Waals surface area contributed by atoms with Crippen LogP contribution in [0.3, 0.4) is 0 Å². The SMILES string of the molecule is COc1cc2nc(N3CCN(C(=O)CC4CC4)CC3)nc(N)c2cc1OC.Clc1c2cccc1-2. The van der Waals surface area contributed by atoms with Gasteiger partial charge in [-0.1, -0.05) is 29.8 Å². The van der Waals surface area contributed by atoms with Crippen molar-refractivity contribution in [3.8, 4) is 22.6 Å². The van der Waals surface area contributed by atoms with E-state index in [2.05, 4.69) is 14.9 Å². The summed E-state index contributed by atoms with van der Waals surface area (Å²) in [6, 6.07) is 9.67. The molecule has 1 aromatic carbocycles. The summed E-state index contributed by atoms with van der Waals surface area (Å²) in [5.41, 5.74) is 9.36. The van der Waals surface area contributed by atoms with E-state index in [9.17, 15) is 4.79 Å². The normalized spacial score (nSPS) is 16.1. The molecule has 3 aliphatic carbocycles. The second-order valence-corrected chi connectivity index (χ2v) is 9.19. The molecule has 0 spiro atoms. The van der Waals surface area contributed by atoms with Crippen molar-refractivity contribution in [3.05, 3.63) is 35.4 Å². The number of hydrogen-bond donors (Lipinski definition) is 1. The Balaban J connectivity index is 0.000000290. The van der Waals surface area contributed by atoms with E-state index in [4.69, 9.17) is 26.8 Å². The number of hydrogen-bond acceptors (Lipinski definition) is 7. The molecule has 1 saturated heterocycles. The minimum absolute atomic E-state index is 0.271. The van der Waals surface area contributed by atoms with Crippen molar-refractivity contribution in [2.45, 2.75) is 19.3 Å². The van der Waals surface area contributed by atoms with Gasteiger partial charge < -0.3 is 25.0 Å². The number of anilines is 2. The minimum atomic E-state index is 0.271. The Morgan fingerprint density at radius 3 is 2.26 bits per heavy atom. The molecule has 0 unspecified atom stereocenters. The van der Waals surface area contributed by atoms with Crippen LogP contribution in [0.2, 0.25) is 5.02 Å². The van der Waals surface area contributed by atoms with Crippen molar-refractivity contribution in [3.63, 3.8) is 0 Å². The Kier molecular flexibility index (Phi) is 6.08. The van der Waals surface area contributed by atoms with Crippen LogP contribution in [-0.4, -0.2) is 61.2 Å². The molecule has 1 aliphatic heterocycles. The first-order valence-corrected chi connectivity index (χ1v) is 11.9. The van der Waals surface area contributed by atoms with Crippen LogP contribution in [0.4, 0.5) is 11.8 Å². The highest BCUT2D eigenvalue weighted by molar-refractivity contribution is 6.41. The van der Waals surface area contributed by atoms with Crippen LogP contribution in [0.1, 0.15) is 19.3 Å². The molecule has 2 heterocycles. The predicted molar refractivity (Wildman–Crippen MR) is 134 cm³/mol. The second kappa shape index (κ2) is 9.18. The molecule has 2 fully saturated rings. The van der Waals surface area contributed by atoms with Crippen molar-refractivity contribution in [2.24, 2.45) is 5.92 Å². The van der Waals surface area contributed by atoms with Gasteiger partial charge in [-0.25, -0.2) is 4.98 Å². The average molecular weight is 482 g/mol. The lowest BCUT2D eigenvalue weighted by Crippen LogP contribution is -2.49. The molecule has 0 bridgehead atoms. The van der Waals surface area contributed by atoms with Gasteiger partial charge in [-0.15, -0.1) is 0 Å². The molecule has 0 atom stereocenters. The Morgan fingerprint density at radius 1 is 1.06 bits per heavy atom. The van der Waals surface area contributed by atoms with Gasteiger partial charge in [0.2, 0.25) is 11.9 Å².